The first-order valence-electron chi connectivity index (χ1n) is 7.38. The normalized spacial score (nSPS) is 25.5. The highest BCUT2D eigenvalue weighted by molar-refractivity contribution is 8.07. The minimum Gasteiger partial charge on any atom is -0.309 e. The minimum absolute atomic E-state index is 0.211. The zero-order valence-electron chi connectivity index (χ0n) is 13.0. The number of rotatable bonds is 6. The van der Waals surface area contributed by atoms with Crippen molar-refractivity contribution in [1.82, 2.24) is 0 Å². The van der Waals surface area contributed by atoms with Gasteiger partial charge in [-0.15, -0.1) is 0 Å². The Morgan fingerprint density at radius 2 is 1.47 bits per heavy atom. The molecule has 114 valence electrons. The van der Waals surface area contributed by atoms with Crippen molar-refractivity contribution in [3.8, 4) is 0 Å². The Hall–Kier alpha value is 0.530. The zero-order valence-corrected chi connectivity index (χ0v) is 14.7. The Balaban J connectivity index is 2.49. The Labute approximate surface area is 123 Å². The van der Waals surface area contributed by atoms with Gasteiger partial charge >= 0.3 is 6.72 Å². The van der Waals surface area contributed by atoms with E-state index in [0.29, 0.717) is 18.6 Å². The Kier molecular flexibility index (Phi) is 6.95. The predicted molar refractivity (Wildman–Crippen MR) is 83.8 cm³/mol. The zero-order chi connectivity index (χ0) is 14.5. The van der Waals surface area contributed by atoms with Crippen LogP contribution in [0.15, 0.2) is 0 Å². The first kappa shape index (κ1) is 17.6. The molecule has 0 bridgehead atoms. The highest BCUT2D eigenvalue weighted by Gasteiger charge is 2.33. The van der Waals surface area contributed by atoms with Crippen LogP contribution in [0.1, 0.15) is 60.3 Å². The molecule has 0 N–H and O–H groups in total. The molecular formula is C14H29O3PS. The van der Waals surface area contributed by atoms with Crippen molar-refractivity contribution >= 4 is 18.5 Å². The van der Waals surface area contributed by atoms with Gasteiger partial charge in [-0.3, -0.25) is 0 Å². The molecule has 0 saturated heterocycles. The topological polar surface area (TPSA) is 27.7 Å². The summed E-state index contributed by atoms with van der Waals surface area (Å²) in [6.07, 6.45) is 4.77. The smallest absolute Gasteiger partial charge is 0.309 e. The van der Waals surface area contributed by atoms with Crippen LogP contribution in [0.4, 0.5) is 0 Å². The lowest BCUT2D eigenvalue weighted by atomic mass is 9.72. The average molecular weight is 308 g/mol. The Morgan fingerprint density at radius 3 is 1.84 bits per heavy atom. The molecule has 0 aliphatic heterocycles. The molecule has 0 spiro atoms. The molecule has 3 nitrogen and oxygen atoms in total. The van der Waals surface area contributed by atoms with Crippen molar-refractivity contribution in [2.75, 3.05) is 13.2 Å². The Bertz CT molecular complexity index is 296. The minimum atomic E-state index is -2.51. The number of hydrogen-bond acceptors (Lipinski definition) is 4. The summed E-state index contributed by atoms with van der Waals surface area (Å²) in [5.74, 6) is 0.782. The van der Waals surface area contributed by atoms with Gasteiger partial charge in [0.25, 0.3) is 0 Å². The highest BCUT2D eigenvalue weighted by Crippen LogP contribution is 2.53. The van der Waals surface area contributed by atoms with E-state index in [-0.39, 0.29) is 6.10 Å². The lowest BCUT2D eigenvalue weighted by Crippen LogP contribution is -2.29. The van der Waals surface area contributed by atoms with Gasteiger partial charge in [0.05, 0.1) is 19.3 Å². The van der Waals surface area contributed by atoms with Crippen molar-refractivity contribution < 1.29 is 13.6 Å². The summed E-state index contributed by atoms with van der Waals surface area (Å²) in [4.78, 5) is 0. The summed E-state index contributed by atoms with van der Waals surface area (Å²) in [7, 11) is 0. The van der Waals surface area contributed by atoms with Gasteiger partial charge in [-0.1, -0.05) is 20.8 Å². The molecule has 0 amide bonds. The van der Waals surface area contributed by atoms with Gasteiger partial charge in [0, 0.05) is 0 Å². The van der Waals surface area contributed by atoms with Crippen LogP contribution in [0.2, 0.25) is 0 Å². The maximum absolute atomic E-state index is 6.00. The summed E-state index contributed by atoms with van der Waals surface area (Å²) in [5, 5.41) is 0. The third-order valence-electron chi connectivity index (χ3n) is 3.75. The quantitative estimate of drug-likeness (QED) is 0.652. The molecule has 0 heterocycles. The molecule has 1 saturated carbocycles. The van der Waals surface area contributed by atoms with Crippen molar-refractivity contribution in [3.05, 3.63) is 0 Å². The highest BCUT2D eigenvalue weighted by atomic mass is 32.5. The van der Waals surface area contributed by atoms with E-state index in [0.717, 1.165) is 18.8 Å². The monoisotopic (exact) mass is 308 g/mol. The second-order valence-corrected chi connectivity index (χ2v) is 9.19. The second-order valence-electron chi connectivity index (χ2n) is 6.23. The van der Waals surface area contributed by atoms with E-state index in [1.54, 1.807) is 0 Å². The van der Waals surface area contributed by atoms with E-state index < -0.39 is 6.72 Å². The van der Waals surface area contributed by atoms with Crippen LogP contribution in [-0.2, 0) is 25.4 Å². The summed E-state index contributed by atoms with van der Waals surface area (Å²) >= 11 is 5.43. The molecule has 0 aromatic heterocycles. The maximum atomic E-state index is 6.00. The van der Waals surface area contributed by atoms with Gasteiger partial charge in [-0.25, -0.2) is 0 Å². The second kappa shape index (κ2) is 7.51. The van der Waals surface area contributed by atoms with E-state index >= 15 is 0 Å². The summed E-state index contributed by atoms with van der Waals surface area (Å²) < 4.78 is 17.1. The molecule has 19 heavy (non-hydrogen) atoms. The Morgan fingerprint density at radius 1 is 1.00 bits per heavy atom. The van der Waals surface area contributed by atoms with Crippen molar-refractivity contribution in [2.45, 2.75) is 66.4 Å². The van der Waals surface area contributed by atoms with Gasteiger partial charge in [-0.05, 0) is 62.7 Å². The van der Waals surface area contributed by atoms with Crippen molar-refractivity contribution in [1.29, 1.82) is 0 Å². The fourth-order valence-electron chi connectivity index (χ4n) is 2.63. The van der Waals surface area contributed by atoms with Crippen LogP contribution >= 0.6 is 6.72 Å². The lowest BCUT2D eigenvalue weighted by Gasteiger charge is -2.37. The molecule has 1 rings (SSSR count). The van der Waals surface area contributed by atoms with Crippen LogP contribution in [0, 0.1) is 11.3 Å². The molecule has 5 heteroatoms. The van der Waals surface area contributed by atoms with E-state index in [1.165, 1.54) is 12.8 Å². The van der Waals surface area contributed by atoms with E-state index in [2.05, 4.69) is 20.8 Å². The SMILES string of the molecule is CCOP(=S)(OCC)OC1CCC(C(C)(C)C)CC1. The largest absolute Gasteiger partial charge is 0.327 e. The van der Waals surface area contributed by atoms with Crippen LogP contribution in [-0.4, -0.2) is 19.3 Å². The standard InChI is InChI=1S/C14H29O3PS/c1-6-15-18(19,16-7-2)17-13-10-8-12(9-11-13)14(3,4)5/h12-13H,6-11H2,1-5H3. The maximum Gasteiger partial charge on any atom is 0.327 e. The van der Waals surface area contributed by atoms with Crippen molar-refractivity contribution in [3.63, 3.8) is 0 Å². The van der Waals surface area contributed by atoms with E-state index in [9.17, 15) is 0 Å². The molecule has 1 fully saturated rings. The van der Waals surface area contributed by atoms with Crippen LogP contribution in [0.25, 0.3) is 0 Å². The fourth-order valence-corrected chi connectivity index (χ4v) is 5.03. The molecule has 0 atom stereocenters. The lowest BCUT2D eigenvalue weighted by molar-refractivity contribution is 0.0620. The van der Waals surface area contributed by atoms with Crippen molar-refractivity contribution in [2.24, 2.45) is 11.3 Å². The molecule has 1 aliphatic rings. The predicted octanol–water partition coefficient (Wildman–Crippen LogP) is 4.91. The first-order chi connectivity index (χ1) is 8.80. The van der Waals surface area contributed by atoms with Crippen LogP contribution in [0.3, 0.4) is 0 Å². The molecule has 0 radical (unpaired) electrons. The summed E-state index contributed by atoms with van der Waals surface area (Å²) in [5.41, 5.74) is 0.394. The third-order valence-corrected chi connectivity index (χ3v) is 6.35. The summed E-state index contributed by atoms with van der Waals surface area (Å²) in [6, 6.07) is 0. The van der Waals surface area contributed by atoms with Gasteiger partial charge < -0.3 is 13.6 Å². The van der Waals surface area contributed by atoms with Gasteiger partial charge in [0.2, 0.25) is 0 Å². The van der Waals surface area contributed by atoms with E-state index in [4.69, 9.17) is 25.4 Å². The summed E-state index contributed by atoms with van der Waals surface area (Å²) in [6.45, 7) is 9.42. The number of hydrogen-bond donors (Lipinski definition) is 0. The molecule has 0 unspecified atom stereocenters. The van der Waals surface area contributed by atoms with E-state index in [1.807, 2.05) is 13.8 Å². The average Bonchev–Trinajstić information content (AvgIpc) is 2.28. The fraction of sp³-hybridized carbons (Fsp3) is 1.00. The van der Waals surface area contributed by atoms with Crippen LogP contribution in [0.5, 0.6) is 0 Å². The molecule has 0 aromatic rings. The van der Waals surface area contributed by atoms with Gasteiger partial charge in [0.1, 0.15) is 0 Å². The van der Waals surface area contributed by atoms with Gasteiger partial charge in [0.15, 0.2) is 0 Å². The molecule has 1 aliphatic carbocycles. The van der Waals surface area contributed by atoms with Crippen LogP contribution < -0.4 is 0 Å². The molecular weight excluding hydrogens is 279 g/mol. The third kappa shape index (κ3) is 5.81. The van der Waals surface area contributed by atoms with Gasteiger partial charge in [-0.2, -0.15) is 0 Å². The molecule has 0 aromatic carbocycles. The first-order valence-corrected chi connectivity index (χ1v) is 9.94.